The van der Waals surface area contributed by atoms with Crippen molar-refractivity contribution in [2.75, 3.05) is 24.0 Å². The van der Waals surface area contributed by atoms with Gasteiger partial charge in [-0.3, -0.25) is 4.79 Å². The maximum Gasteiger partial charge on any atom is 0.277 e. The first-order chi connectivity index (χ1) is 14.6. The average Bonchev–Trinajstić information content (AvgIpc) is 3.42. The Bertz CT molecular complexity index is 1100. The number of nitrogens with zero attached hydrogens (tertiary/aromatic N) is 4. The number of nitriles is 1. The minimum absolute atomic E-state index is 0.0194. The van der Waals surface area contributed by atoms with Gasteiger partial charge in [-0.05, 0) is 42.5 Å². The van der Waals surface area contributed by atoms with Gasteiger partial charge in [-0.2, -0.15) is 5.26 Å². The Balaban J connectivity index is 1.42. The van der Waals surface area contributed by atoms with E-state index in [1.807, 2.05) is 6.07 Å². The molecule has 0 radical (unpaired) electrons. The number of halogens is 1. The van der Waals surface area contributed by atoms with Crippen molar-refractivity contribution >= 4 is 23.4 Å². The van der Waals surface area contributed by atoms with Crippen molar-refractivity contribution in [2.45, 2.75) is 11.6 Å². The third-order valence-electron chi connectivity index (χ3n) is 4.23. The zero-order valence-electron chi connectivity index (χ0n) is 15.6. The van der Waals surface area contributed by atoms with Gasteiger partial charge in [0.2, 0.25) is 18.6 Å². The Morgan fingerprint density at radius 2 is 1.97 bits per heavy atom. The van der Waals surface area contributed by atoms with Crippen molar-refractivity contribution in [3.8, 4) is 29.0 Å². The van der Waals surface area contributed by atoms with Gasteiger partial charge in [0.05, 0.1) is 18.2 Å². The summed E-state index contributed by atoms with van der Waals surface area (Å²) >= 11 is 1.08. The van der Waals surface area contributed by atoms with Gasteiger partial charge in [-0.15, -0.1) is 10.2 Å². The highest BCUT2D eigenvalue weighted by Gasteiger charge is 2.19. The Labute approximate surface area is 175 Å². The van der Waals surface area contributed by atoms with E-state index in [0.717, 1.165) is 11.8 Å². The molecule has 2 heterocycles. The van der Waals surface area contributed by atoms with Gasteiger partial charge in [0.15, 0.2) is 11.5 Å². The van der Waals surface area contributed by atoms with Gasteiger partial charge in [-0.25, -0.2) is 4.39 Å². The van der Waals surface area contributed by atoms with E-state index in [2.05, 4.69) is 10.2 Å². The number of hydrogen-bond donors (Lipinski definition) is 0. The van der Waals surface area contributed by atoms with Gasteiger partial charge >= 0.3 is 0 Å². The Morgan fingerprint density at radius 1 is 1.17 bits per heavy atom. The normalized spacial score (nSPS) is 11.9. The quantitative estimate of drug-likeness (QED) is 0.528. The number of anilines is 1. The fraction of sp³-hybridized carbons (Fsp3) is 0.200. The first kappa shape index (κ1) is 19.7. The second-order valence-corrected chi connectivity index (χ2v) is 7.09. The molecule has 0 saturated heterocycles. The first-order valence-corrected chi connectivity index (χ1v) is 9.92. The fourth-order valence-corrected chi connectivity index (χ4v) is 3.44. The maximum absolute atomic E-state index is 13.2. The van der Waals surface area contributed by atoms with Crippen molar-refractivity contribution in [1.29, 1.82) is 5.26 Å². The molecule has 1 aromatic heterocycles. The van der Waals surface area contributed by atoms with E-state index in [-0.39, 0.29) is 36.6 Å². The number of fused-ring (bicyclic) bond motifs is 1. The third-order valence-corrected chi connectivity index (χ3v) is 5.03. The molecule has 2 aromatic carbocycles. The van der Waals surface area contributed by atoms with Crippen LogP contribution in [0.4, 0.5) is 10.1 Å². The van der Waals surface area contributed by atoms with E-state index in [1.165, 1.54) is 29.2 Å². The molecule has 1 aliphatic rings. The second-order valence-electron chi connectivity index (χ2n) is 6.16. The minimum atomic E-state index is -0.400. The molecule has 10 heteroatoms. The molecule has 1 aliphatic heterocycles. The molecule has 0 atom stereocenters. The summed E-state index contributed by atoms with van der Waals surface area (Å²) in [6.45, 7) is 0.371. The van der Waals surface area contributed by atoms with Crippen LogP contribution in [-0.4, -0.2) is 35.2 Å². The van der Waals surface area contributed by atoms with Gasteiger partial charge in [0, 0.05) is 17.8 Å². The molecule has 0 N–H and O–H groups in total. The first-order valence-electron chi connectivity index (χ1n) is 8.93. The molecular weight excluding hydrogens is 411 g/mol. The standard InChI is InChI=1S/C20H15FN4O4S/c21-14-3-5-15(6-4-14)25(9-1-8-22)18(26)11-30-20-24-23-19(29-20)13-2-7-16-17(10-13)28-12-27-16/h2-7,10H,1,9,11-12H2. The van der Waals surface area contributed by atoms with Crippen LogP contribution in [0.25, 0.3) is 11.5 Å². The lowest BCUT2D eigenvalue weighted by molar-refractivity contribution is -0.116. The van der Waals surface area contributed by atoms with Crippen LogP contribution in [-0.2, 0) is 4.79 Å². The molecule has 0 unspecified atom stereocenters. The molecule has 0 saturated carbocycles. The van der Waals surface area contributed by atoms with Crippen LogP contribution in [0.5, 0.6) is 11.5 Å². The SMILES string of the molecule is N#CCCN(C(=O)CSc1nnc(-c2ccc3c(c2)OCO3)o1)c1ccc(F)cc1. The van der Waals surface area contributed by atoms with Crippen molar-refractivity contribution in [1.82, 2.24) is 10.2 Å². The van der Waals surface area contributed by atoms with Gasteiger partial charge in [-0.1, -0.05) is 11.8 Å². The predicted octanol–water partition coefficient (Wildman–Crippen LogP) is 3.64. The van der Waals surface area contributed by atoms with E-state index in [9.17, 15) is 9.18 Å². The number of aromatic nitrogens is 2. The molecule has 3 aromatic rings. The van der Waals surface area contributed by atoms with Crippen molar-refractivity contribution in [3.63, 3.8) is 0 Å². The molecule has 1 amide bonds. The monoisotopic (exact) mass is 426 g/mol. The molecule has 0 fully saturated rings. The number of carbonyl (C=O) groups is 1. The topological polar surface area (TPSA) is 101 Å². The highest BCUT2D eigenvalue weighted by molar-refractivity contribution is 7.99. The summed E-state index contributed by atoms with van der Waals surface area (Å²) in [5.74, 6) is 0.903. The lowest BCUT2D eigenvalue weighted by Gasteiger charge is -2.21. The second kappa shape index (κ2) is 8.84. The number of ether oxygens (including phenoxy) is 2. The molecule has 8 nitrogen and oxygen atoms in total. The van der Waals surface area contributed by atoms with E-state index < -0.39 is 5.82 Å². The molecule has 0 bridgehead atoms. The Kier molecular flexibility index (Phi) is 5.81. The van der Waals surface area contributed by atoms with Crippen LogP contribution in [0, 0.1) is 17.1 Å². The number of thioether (sulfide) groups is 1. The van der Waals surface area contributed by atoms with Crippen LogP contribution >= 0.6 is 11.8 Å². The van der Waals surface area contributed by atoms with E-state index in [1.54, 1.807) is 18.2 Å². The van der Waals surface area contributed by atoms with Gasteiger partial charge < -0.3 is 18.8 Å². The van der Waals surface area contributed by atoms with Crippen LogP contribution in [0.1, 0.15) is 6.42 Å². The molecule has 152 valence electrons. The lowest BCUT2D eigenvalue weighted by Crippen LogP contribution is -2.33. The van der Waals surface area contributed by atoms with E-state index in [4.69, 9.17) is 19.2 Å². The van der Waals surface area contributed by atoms with Crippen LogP contribution in [0.15, 0.2) is 52.1 Å². The molecule has 4 rings (SSSR count). The third kappa shape index (κ3) is 4.36. The van der Waals surface area contributed by atoms with E-state index in [0.29, 0.717) is 28.6 Å². The summed E-state index contributed by atoms with van der Waals surface area (Å²) in [5, 5.41) is 17.1. The Morgan fingerprint density at radius 3 is 2.77 bits per heavy atom. The van der Waals surface area contributed by atoms with Crippen LogP contribution in [0.3, 0.4) is 0 Å². The smallest absolute Gasteiger partial charge is 0.277 e. The van der Waals surface area contributed by atoms with E-state index >= 15 is 0 Å². The number of amides is 1. The summed E-state index contributed by atoms with van der Waals surface area (Å²) in [6, 6.07) is 12.8. The Hall–Kier alpha value is -3.58. The summed E-state index contributed by atoms with van der Waals surface area (Å²) in [7, 11) is 0. The highest BCUT2D eigenvalue weighted by Crippen LogP contribution is 2.36. The fourth-order valence-electron chi connectivity index (χ4n) is 2.80. The summed E-state index contributed by atoms with van der Waals surface area (Å²) in [4.78, 5) is 14.1. The number of hydrogen-bond acceptors (Lipinski definition) is 8. The van der Waals surface area contributed by atoms with Crippen LogP contribution in [0.2, 0.25) is 0 Å². The predicted molar refractivity (Wildman–Crippen MR) is 106 cm³/mol. The maximum atomic E-state index is 13.2. The summed E-state index contributed by atoms with van der Waals surface area (Å²) < 4.78 is 29.4. The molecule has 0 spiro atoms. The lowest BCUT2D eigenvalue weighted by atomic mass is 10.2. The van der Waals surface area contributed by atoms with Gasteiger partial charge in [0.1, 0.15) is 5.82 Å². The zero-order chi connectivity index (χ0) is 20.9. The molecular formula is C20H15FN4O4S. The highest BCUT2D eigenvalue weighted by atomic mass is 32.2. The molecule has 30 heavy (non-hydrogen) atoms. The van der Waals surface area contributed by atoms with Crippen LogP contribution < -0.4 is 14.4 Å². The summed E-state index contributed by atoms with van der Waals surface area (Å²) in [6.07, 6.45) is 0.155. The minimum Gasteiger partial charge on any atom is -0.454 e. The largest absolute Gasteiger partial charge is 0.454 e. The molecule has 0 aliphatic carbocycles. The number of rotatable bonds is 7. The summed E-state index contributed by atoms with van der Waals surface area (Å²) in [5.41, 5.74) is 1.19. The zero-order valence-corrected chi connectivity index (χ0v) is 16.4. The van der Waals surface area contributed by atoms with Gasteiger partial charge in [0.25, 0.3) is 5.22 Å². The van der Waals surface area contributed by atoms with Crippen molar-refractivity contribution in [3.05, 3.63) is 48.3 Å². The van der Waals surface area contributed by atoms with Crippen molar-refractivity contribution < 1.29 is 23.1 Å². The van der Waals surface area contributed by atoms with Crippen molar-refractivity contribution in [2.24, 2.45) is 0 Å². The number of benzene rings is 2. The average molecular weight is 426 g/mol. The number of carbonyl (C=O) groups excluding carboxylic acids is 1.